The number of H-pyrrole nitrogens is 1. The van der Waals surface area contributed by atoms with Crippen LogP contribution >= 0.6 is 11.6 Å². The summed E-state index contributed by atoms with van der Waals surface area (Å²) in [4.78, 5) is 31.3. The Morgan fingerprint density at radius 2 is 2.07 bits per heavy atom. The minimum atomic E-state index is -0.900. The largest absolute Gasteiger partial charge is 0.453 e. The number of anilines is 1. The molecular formula is C20H20ClN3O3. The number of carbonyl (C=O) groups excluding carboxylic acids is 2. The van der Waals surface area contributed by atoms with E-state index in [1.54, 1.807) is 12.1 Å². The molecule has 7 heteroatoms. The highest BCUT2D eigenvalue weighted by Gasteiger charge is 2.18. The third-order valence-electron chi connectivity index (χ3n) is 4.16. The lowest BCUT2D eigenvalue weighted by Gasteiger charge is -2.13. The van der Waals surface area contributed by atoms with Crippen molar-refractivity contribution in [3.05, 3.63) is 59.4 Å². The van der Waals surface area contributed by atoms with Crippen molar-refractivity contribution in [3.8, 4) is 0 Å². The normalized spacial score (nSPS) is 11.9. The zero-order chi connectivity index (χ0) is 19.2. The quantitative estimate of drug-likeness (QED) is 0.599. The fraction of sp³-hybridized carbons (Fsp3) is 0.250. The number of halogens is 1. The maximum atomic E-state index is 12.1. The zero-order valence-corrected chi connectivity index (χ0v) is 15.6. The summed E-state index contributed by atoms with van der Waals surface area (Å²) in [6.45, 7) is 1.53. The van der Waals surface area contributed by atoms with Crippen LogP contribution in [0.2, 0.25) is 5.02 Å². The SMILES string of the molecule is C[C@H](OC(=O)CCCc1c[nH]c2ccccc12)C(=O)Nc1ccc(Cl)cn1. The van der Waals surface area contributed by atoms with Crippen molar-refractivity contribution in [1.29, 1.82) is 0 Å². The molecule has 1 amide bonds. The van der Waals surface area contributed by atoms with Gasteiger partial charge in [-0.1, -0.05) is 29.8 Å². The molecule has 0 spiro atoms. The Kier molecular flexibility index (Phi) is 6.08. The van der Waals surface area contributed by atoms with Crippen molar-refractivity contribution in [3.63, 3.8) is 0 Å². The molecule has 3 aromatic rings. The van der Waals surface area contributed by atoms with Crippen LogP contribution in [-0.2, 0) is 20.7 Å². The van der Waals surface area contributed by atoms with E-state index < -0.39 is 18.0 Å². The second kappa shape index (κ2) is 8.68. The third kappa shape index (κ3) is 5.08. The average Bonchev–Trinajstić information content (AvgIpc) is 3.07. The summed E-state index contributed by atoms with van der Waals surface area (Å²) < 4.78 is 5.20. The van der Waals surface area contributed by atoms with Gasteiger partial charge in [0, 0.05) is 29.7 Å². The number of nitrogens with zero attached hydrogens (tertiary/aromatic N) is 1. The third-order valence-corrected chi connectivity index (χ3v) is 4.38. The van der Waals surface area contributed by atoms with E-state index in [1.165, 1.54) is 13.1 Å². The molecule has 2 N–H and O–H groups in total. The number of aromatic amines is 1. The molecule has 0 aliphatic rings. The first-order valence-corrected chi connectivity index (χ1v) is 9.07. The molecule has 6 nitrogen and oxygen atoms in total. The fourth-order valence-corrected chi connectivity index (χ4v) is 2.86. The lowest BCUT2D eigenvalue weighted by Crippen LogP contribution is -2.30. The van der Waals surface area contributed by atoms with Crippen LogP contribution < -0.4 is 5.32 Å². The highest BCUT2D eigenvalue weighted by Crippen LogP contribution is 2.19. The number of fused-ring (bicyclic) bond motifs is 1. The summed E-state index contributed by atoms with van der Waals surface area (Å²) >= 11 is 5.75. The van der Waals surface area contributed by atoms with Gasteiger partial charge in [0.1, 0.15) is 5.82 Å². The first kappa shape index (κ1) is 18.9. The van der Waals surface area contributed by atoms with Gasteiger partial charge in [-0.05, 0) is 43.5 Å². The summed E-state index contributed by atoms with van der Waals surface area (Å²) in [6, 6.07) is 11.2. The van der Waals surface area contributed by atoms with Gasteiger partial charge >= 0.3 is 5.97 Å². The summed E-state index contributed by atoms with van der Waals surface area (Å²) in [5, 5.41) is 4.22. The predicted octanol–water partition coefficient (Wildman–Crippen LogP) is 4.11. The monoisotopic (exact) mass is 385 g/mol. The van der Waals surface area contributed by atoms with Crippen molar-refractivity contribution in [2.24, 2.45) is 0 Å². The van der Waals surface area contributed by atoms with Gasteiger partial charge in [-0.25, -0.2) is 4.98 Å². The zero-order valence-electron chi connectivity index (χ0n) is 14.9. The van der Waals surface area contributed by atoms with Gasteiger partial charge < -0.3 is 15.0 Å². The van der Waals surface area contributed by atoms with E-state index in [0.717, 1.165) is 22.9 Å². The molecule has 0 fully saturated rings. The molecule has 0 radical (unpaired) electrons. The molecule has 0 unspecified atom stereocenters. The summed E-state index contributed by atoms with van der Waals surface area (Å²) in [5.74, 6) is -0.483. The first-order valence-electron chi connectivity index (χ1n) is 8.70. The van der Waals surface area contributed by atoms with Crippen LogP contribution in [0.15, 0.2) is 48.8 Å². The van der Waals surface area contributed by atoms with Crippen molar-refractivity contribution in [1.82, 2.24) is 9.97 Å². The molecule has 2 heterocycles. The molecule has 1 aromatic carbocycles. The number of pyridine rings is 1. The van der Waals surface area contributed by atoms with Gasteiger partial charge in [-0.15, -0.1) is 0 Å². The minimum absolute atomic E-state index is 0.246. The Morgan fingerprint density at radius 3 is 2.85 bits per heavy atom. The van der Waals surface area contributed by atoms with E-state index >= 15 is 0 Å². The highest BCUT2D eigenvalue weighted by atomic mass is 35.5. The Morgan fingerprint density at radius 1 is 1.26 bits per heavy atom. The molecule has 3 rings (SSSR count). The molecule has 0 saturated carbocycles. The van der Waals surface area contributed by atoms with Gasteiger partial charge in [0.15, 0.2) is 6.10 Å². The van der Waals surface area contributed by atoms with Gasteiger partial charge in [-0.3, -0.25) is 9.59 Å². The summed E-state index contributed by atoms with van der Waals surface area (Å²) in [6.07, 6.45) is 4.14. The lowest BCUT2D eigenvalue weighted by atomic mass is 10.1. The molecule has 27 heavy (non-hydrogen) atoms. The van der Waals surface area contributed by atoms with Crippen LogP contribution in [0, 0.1) is 0 Å². The van der Waals surface area contributed by atoms with Crippen molar-refractivity contribution >= 4 is 40.2 Å². The summed E-state index contributed by atoms with van der Waals surface area (Å²) in [5.41, 5.74) is 2.24. The number of para-hydroxylation sites is 1. The van der Waals surface area contributed by atoms with Crippen LogP contribution in [0.4, 0.5) is 5.82 Å². The van der Waals surface area contributed by atoms with Crippen molar-refractivity contribution < 1.29 is 14.3 Å². The molecule has 0 saturated heterocycles. The number of benzene rings is 1. The van der Waals surface area contributed by atoms with E-state index in [9.17, 15) is 9.59 Å². The molecule has 0 aliphatic carbocycles. The highest BCUT2D eigenvalue weighted by molar-refractivity contribution is 6.30. The number of rotatable bonds is 7. The number of ether oxygens (including phenoxy) is 1. The molecule has 1 atom stereocenters. The number of aryl methyl sites for hydroxylation is 1. The number of hydrogen-bond acceptors (Lipinski definition) is 4. The predicted molar refractivity (Wildman–Crippen MR) is 105 cm³/mol. The smallest absolute Gasteiger partial charge is 0.306 e. The van der Waals surface area contributed by atoms with E-state index in [2.05, 4.69) is 21.4 Å². The van der Waals surface area contributed by atoms with Gasteiger partial charge in [-0.2, -0.15) is 0 Å². The van der Waals surface area contributed by atoms with Gasteiger partial charge in [0.25, 0.3) is 5.91 Å². The Bertz CT molecular complexity index is 937. The number of carbonyl (C=O) groups is 2. The van der Waals surface area contributed by atoms with Crippen LogP contribution in [0.5, 0.6) is 0 Å². The minimum Gasteiger partial charge on any atom is -0.453 e. The van der Waals surface area contributed by atoms with Gasteiger partial charge in [0.05, 0.1) is 5.02 Å². The van der Waals surface area contributed by atoms with E-state index in [1.807, 2.05) is 24.4 Å². The maximum Gasteiger partial charge on any atom is 0.306 e. The lowest BCUT2D eigenvalue weighted by molar-refractivity contribution is -0.153. The summed E-state index contributed by atoms with van der Waals surface area (Å²) in [7, 11) is 0. The van der Waals surface area contributed by atoms with Crippen LogP contribution in [-0.4, -0.2) is 27.9 Å². The Labute approximate surface area is 161 Å². The second-order valence-electron chi connectivity index (χ2n) is 6.20. The van der Waals surface area contributed by atoms with E-state index in [0.29, 0.717) is 17.3 Å². The molecule has 140 valence electrons. The van der Waals surface area contributed by atoms with Gasteiger partial charge in [0.2, 0.25) is 0 Å². The number of aromatic nitrogens is 2. The number of amides is 1. The van der Waals surface area contributed by atoms with Crippen molar-refractivity contribution in [2.45, 2.75) is 32.3 Å². The van der Waals surface area contributed by atoms with Crippen LogP contribution in [0.3, 0.4) is 0 Å². The number of esters is 1. The Balaban J connectivity index is 1.44. The standard InChI is InChI=1S/C20H20ClN3O3/c1-13(20(26)24-18-10-9-15(21)12-23-18)27-19(25)8-4-5-14-11-22-17-7-3-2-6-16(14)17/h2-3,6-7,9-13,22H,4-5,8H2,1H3,(H,23,24,26)/t13-/m0/s1. The van der Waals surface area contributed by atoms with Crippen LogP contribution in [0.1, 0.15) is 25.3 Å². The topological polar surface area (TPSA) is 84.1 Å². The van der Waals surface area contributed by atoms with E-state index in [-0.39, 0.29) is 6.42 Å². The maximum absolute atomic E-state index is 12.1. The average molecular weight is 386 g/mol. The first-order chi connectivity index (χ1) is 13.0. The number of hydrogen-bond donors (Lipinski definition) is 2. The molecular weight excluding hydrogens is 366 g/mol. The van der Waals surface area contributed by atoms with E-state index in [4.69, 9.17) is 16.3 Å². The van der Waals surface area contributed by atoms with Crippen molar-refractivity contribution in [2.75, 3.05) is 5.32 Å². The molecule has 2 aromatic heterocycles. The van der Waals surface area contributed by atoms with Crippen LogP contribution in [0.25, 0.3) is 10.9 Å². The molecule has 0 aliphatic heterocycles. The number of nitrogens with one attached hydrogen (secondary N) is 2. The Hall–Kier alpha value is -2.86. The fourth-order valence-electron chi connectivity index (χ4n) is 2.75. The molecule has 0 bridgehead atoms. The second-order valence-corrected chi connectivity index (χ2v) is 6.63.